The van der Waals surface area contributed by atoms with Crippen molar-refractivity contribution >= 4 is 62.4 Å². The van der Waals surface area contributed by atoms with Crippen LogP contribution < -0.4 is 14.7 Å². The summed E-state index contributed by atoms with van der Waals surface area (Å²) in [4.78, 5) is 37.0. The van der Waals surface area contributed by atoms with Crippen LogP contribution in [0.3, 0.4) is 0 Å². The first-order valence-electron chi connectivity index (χ1n) is 20.9. The molecule has 0 saturated carbocycles. The number of amides is 2. The van der Waals surface area contributed by atoms with Crippen molar-refractivity contribution in [3.8, 4) is 0 Å². The van der Waals surface area contributed by atoms with Crippen molar-refractivity contribution in [3.05, 3.63) is 184 Å². The van der Waals surface area contributed by atoms with E-state index in [0.717, 1.165) is 50.6 Å². The summed E-state index contributed by atoms with van der Waals surface area (Å²) < 4.78 is 0. The van der Waals surface area contributed by atoms with Gasteiger partial charge >= 0.3 is 0 Å². The van der Waals surface area contributed by atoms with Crippen LogP contribution in [-0.4, -0.2) is 11.8 Å². The zero-order chi connectivity index (χ0) is 41.1. The topological polar surface area (TPSA) is 43.9 Å². The number of hydrogen-bond donors (Lipinski definition) is 0. The third kappa shape index (κ3) is 5.23. The minimum Gasteiger partial charge on any atom is -0.310 e. The maximum Gasteiger partial charge on any atom is 0.266 e. The third-order valence-electron chi connectivity index (χ3n) is 13.2. The van der Waals surface area contributed by atoms with Gasteiger partial charge in [0.1, 0.15) is 0 Å². The molecule has 0 radical (unpaired) electrons. The average Bonchev–Trinajstić information content (AvgIpc) is 3.23. The van der Waals surface area contributed by atoms with E-state index in [2.05, 4.69) is 193 Å². The van der Waals surface area contributed by atoms with E-state index in [1.165, 1.54) is 27.2 Å². The number of carbonyl (C=O) groups is 2. The standard InChI is InChI=1S/C54H49N3O2/c1-32(2)37-18-17-19-38(33(3)4)50(37)57-51(58)39-30-35(55-45-24-13-9-20-41(45)53(5,6)42-21-10-14-25-46(42)55)28-34-29-36(31-40(49(34)39)52(57)59)56-47-26-15-11-22-43(47)54(7,8)44-23-12-16-27-48(44)56/h9-33H,1-8H3. The maximum atomic E-state index is 15.5. The third-order valence-corrected chi connectivity index (χ3v) is 13.2. The molecule has 0 bridgehead atoms. The maximum absolute atomic E-state index is 15.5. The quantitative estimate of drug-likeness (QED) is 0.164. The van der Waals surface area contributed by atoms with Gasteiger partial charge in [0.05, 0.1) is 39.6 Å². The van der Waals surface area contributed by atoms with E-state index in [0.29, 0.717) is 22.2 Å². The predicted molar refractivity (Wildman–Crippen MR) is 243 cm³/mol. The van der Waals surface area contributed by atoms with Crippen LogP contribution in [-0.2, 0) is 10.8 Å². The van der Waals surface area contributed by atoms with Gasteiger partial charge in [0, 0.05) is 27.6 Å². The lowest BCUT2D eigenvalue weighted by atomic mass is 9.73. The van der Waals surface area contributed by atoms with E-state index in [1.807, 2.05) is 12.1 Å². The van der Waals surface area contributed by atoms with Gasteiger partial charge in [-0.15, -0.1) is 0 Å². The van der Waals surface area contributed by atoms with Gasteiger partial charge in [0.25, 0.3) is 11.8 Å². The van der Waals surface area contributed by atoms with Gasteiger partial charge in [0.15, 0.2) is 0 Å². The summed E-state index contributed by atoms with van der Waals surface area (Å²) >= 11 is 0. The molecule has 10 rings (SSSR count). The molecule has 3 heterocycles. The summed E-state index contributed by atoms with van der Waals surface area (Å²) in [6, 6.07) is 49.0. The Morgan fingerprint density at radius 2 is 0.763 bits per heavy atom. The fourth-order valence-corrected chi connectivity index (χ4v) is 10.3. The van der Waals surface area contributed by atoms with Crippen molar-refractivity contribution in [3.63, 3.8) is 0 Å². The molecule has 59 heavy (non-hydrogen) atoms. The second-order valence-electron chi connectivity index (χ2n) is 18.1. The Bertz CT molecular complexity index is 2630. The number of benzene rings is 7. The number of fused-ring (bicyclic) bond motifs is 4. The number of rotatable bonds is 5. The van der Waals surface area contributed by atoms with Crippen molar-refractivity contribution < 1.29 is 9.59 Å². The van der Waals surface area contributed by atoms with Gasteiger partial charge in [-0.25, -0.2) is 4.90 Å². The van der Waals surface area contributed by atoms with Crippen LogP contribution in [0.15, 0.2) is 140 Å². The molecule has 7 aromatic rings. The van der Waals surface area contributed by atoms with Gasteiger partial charge in [-0.1, -0.05) is 146 Å². The van der Waals surface area contributed by atoms with E-state index in [-0.39, 0.29) is 34.5 Å². The van der Waals surface area contributed by atoms with Crippen LogP contribution in [0, 0.1) is 0 Å². The van der Waals surface area contributed by atoms with Crippen LogP contribution >= 0.6 is 0 Å². The van der Waals surface area contributed by atoms with Crippen molar-refractivity contribution in [2.24, 2.45) is 0 Å². The number of para-hydroxylation sites is 5. The highest BCUT2D eigenvalue weighted by atomic mass is 16.2. The zero-order valence-electron chi connectivity index (χ0n) is 35.1. The molecule has 0 aliphatic carbocycles. The summed E-state index contributed by atoms with van der Waals surface area (Å²) in [6.07, 6.45) is 0. The van der Waals surface area contributed by atoms with E-state index in [9.17, 15) is 0 Å². The van der Waals surface area contributed by atoms with Crippen molar-refractivity contribution in [1.82, 2.24) is 0 Å². The minimum atomic E-state index is -0.300. The minimum absolute atomic E-state index is 0.0813. The Morgan fingerprint density at radius 1 is 0.424 bits per heavy atom. The largest absolute Gasteiger partial charge is 0.310 e. The Kier molecular flexibility index (Phi) is 8.13. The molecule has 5 heteroatoms. The summed E-state index contributed by atoms with van der Waals surface area (Å²) in [5.41, 5.74) is 14.1. The normalized spacial score (nSPS) is 16.0. The van der Waals surface area contributed by atoms with Crippen molar-refractivity contribution in [1.29, 1.82) is 0 Å². The first-order chi connectivity index (χ1) is 28.3. The molecule has 0 unspecified atom stereocenters. The number of anilines is 7. The van der Waals surface area contributed by atoms with Gasteiger partial charge in [-0.3, -0.25) is 9.59 Å². The fourth-order valence-electron chi connectivity index (χ4n) is 10.3. The lowest BCUT2D eigenvalue weighted by molar-refractivity contribution is 0.0893. The van der Waals surface area contributed by atoms with Crippen molar-refractivity contribution in [2.75, 3.05) is 14.7 Å². The molecule has 0 aromatic heterocycles. The second-order valence-corrected chi connectivity index (χ2v) is 18.1. The molecule has 3 aliphatic rings. The highest BCUT2D eigenvalue weighted by molar-refractivity contribution is 6.37. The Morgan fingerprint density at radius 3 is 1.10 bits per heavy atom. The van der Waals surface area contributed by atoms with Gasteiger partial charge in [-0.05, 0) is 99.1 Å². The van der Waals surface area contributed by atoms with Crippen LogP contribution in [0.2, 0.25) is 0 Å². The molecule has 0 fully saturated rings. The smallest absolute Gasteiger partial charge is 0.266 e. The first-order valence-corrected chi connectivity index (χ1v) is 20.9. The molecule has 7 aromatic carbocycles. The number of carbonyl (C=O) groups excluding carboxylic acids is 2. The Hall–Kier alpha value is -6.46. The molecule has 0 spiro atoms. The predicted octanol–water partition coefficient (Wildman–Crippen LogP) is 14.1. The molecule has 2 amide bonds. The van der Waals surface area contributed by atoms with Gasteiger partial charge < -0.3 is 9.80 Å². The van der Waals surface area contributed by atoms with Crippen molar-refractivity contribution in [2.45, 2.75) is 78.1 Å². The number of hydrogen-bond acceptors (Lipinski definition) is 4. The van der Waals surface area contributed by atoms with Crippen LogP contribution in [0.1, 0.15) is 121 Å². The van der Waals surface area contributed by atoms with E-state index in [4.69, 9.17) is 0 Å². The Labute approximate surface area is 347 Å². The van der Waals surface area contributed by atoms with Gasteiger partial charge in [-0.2, -0.15) is 0 Å². The molecular formula is C54H49N3O2. The lowest BCUT2D eigenvalue weighted by Gasteiger charge is -2.43. The van der Waals surface area contributed by atoms with Crippen LogP contribution in [0.25, 0.3) is 10.8 Å². The number of nitrogens with zero attached hydrogens (tertiary/aromatic N) is 3. The lowest BCUT2D eigenvalue weighted by Crippen LogP contribution is -2.42. The van der Waals surface area contributed by atoms with E-state index < -0.39 is 0 Å². The molecule has 0 saturated heterocycles. The number of imide groups is 1. The van der Waals surface area contributed by atoms with Crippen LogP contribution in [0.4, 0.5) is 39.8 Å². The van der Waals surface area contributed by atoms with E-state index in [1.54, 1.807) is 0 Å². The fraction of sp³-hybridized carbons (Fsp3) is 0.222. The molecule has 292 valence electrons. The highest BCUT2D eigenvalue weighted by Gasteiger charge is 2.42. The van der Waals surface area contributed by atoms with Crippen LogP contribution in [0.5, 0.6) is 0 Å². The summed E-state index contributed by atoms with van der Waals surface area (Å²) in [5.74, 6) is -0.437. The van der Waals surface area contributed by atoms with Gasteiger partial charge in [0.2, 0.25) is 0 Å². The summed E-state index contributed by atoms with van der Waals surface area (Å²) in [5, 5.41) is 1.53. The second kappa shape index (κ2) is 13.0. The highest BCUT2D eigenvalue weighted by Crippen LogP contribution is 2.55. The van der Waals surface area contributed by atoms with E-state index >= 15 is 9.59 Å². The summed E-state index contributed by atoms with van der Waals surface area (Å²) in [7, 11) is 0. The summed E-state index contributed by atoms with van der Waals surface area (Å²) in [6.45, 7) is 17.7. The average molecular weight is 772 g/mol. The molecule has 0 atom stereocenters. The molecule has 3 aliphatic heterocycles. The zero-order valence-corrected chi connectivity index (χ0v) is 35.1. The Balaban J connectivity index is 1.30. The first kappa shape index (κ1) is 36.9. The molecular weight excluding hydrogens is 723 g/mol. The molecule has 0 N–H and O–H groups in total. The SMILES string of the molecule is CC(C)c1cccc(C(C)C)c1N1C(=O)c2cc(N3c4ccccc4C(C)(C)c4ccccc43)cc3cc(N4c5ccccc5C(C)(C)c5ccccc54)cc(c23)C1=O. The monoisotopic (exact) mass is 771 g/mol. The molecule has 5 nitrogen and oxygen atoms in total.